The Morgan fingerprint density at radius 2 is 2.07 bits per heavy atom. The van der Waals surface area contributed by atoms with Gasteiger partial charge in [-0.05, 0) is 43.5 Å². The Hall–Kier alpha value is -3.52. The highest BCUT2D eigenvalue weighted by molar-refractivity contribution is 7.12. The van der Waals surface area contributed by atoms with Gasteiger partial charge in [0.1, 0.15) is 0 Å². The van der Waals surface area contributed by atoms with Crippen LogP contribution < -0.4 is 10.6 Å². The second-order valence-electron chi connectivity index (χ2n) is 6.83. The molecule has 29 heavy (non-hydrogen) atoms. The van der Waals surface area contributed by atoms with E-state index in [1.165, 1.54) is 11.3 Å². The van der Waals surface area contributed by atoms with Crippen LogP contribution in [0.4, 0.5) is 5.69 Å². The number of nitrogens with two attached hydrogens (primary N) is 1. The monoisotopic (exact) mass is 404 g/mol. The van der Waals surface area contributed by atoms with Crippen LogP contribution in [-0.4, -0.2) is 32.4 Å². The zero-order valence-electron chi connectivity index (χ0n) is 16.0. The van der Waals surface area contributed by atoms with E-state index in [0.717, 1.165) is 16.9 Å². The van der Waals surface area contributed by atoms with Crippen LogP contribution >= 0.6 is 11.3 Å². The van der Waals surface area contributed by atoms with Gasteiger partial charge in [0.25, 0.3) is 0 Å². The molecule has 7 nitrogen and oxygen atoms in total. The van der Waals surface area contributed by atoms with Gasteiger partial charge in [-0.25, -0.2) is 9.50 Å². The Kier molecular flexibility index (Phi) is 4.85. The first kappa shape index (κ1) is 18.8. The summed E-state index contributed by atoms with van der Waals surface area (Å²) in [4.78, 5) is 19.6. The molecule has 0 saturated carbocycles. The number of nitrogens with zero attached hydrogens (tertiary/aromatic N) is 4. The summed E-state index contributed by atoms with van der Waals surface area (Å²) in [5.74, 6) is -0.101. The lowest BCUT2D eigenvalue weighted by atomic mass is 10.1. The molecule has 3 aromatic heterocycles. The SMILES string of the molecule is CC(C)N(C(=N)N)c1cccc(-c2ccnc3c(C(=O)c4cccs4)cnn23)c1. The quantitative estimate of drug-likeness (QED) is 0.299. The third-order valence-electron chi connectivity index (χ3n) is 4.59. The topological polar surface area (TPSA) is 100 Å². The molecular weight excluding hydrogens is 384 g/mol. The summed E-state index contributed by atoms with van der Waals surface area (Å²) >= 11 is 1.40. The van der Waals surface area contributed by atoms with E-state index in [1.807, 2.05) is 55.6 Å². The molecular formula is C21H20N6OS. The normalized spacial score (nSPS) is 11.1. The summed E-state index contributed by atoms with van der Waals surface area (Å²) in [5, 5.41) is 14.2. The van der Waals surface area contributed by atoms with Crippen LogP contribution in [0, 0.1) is 5.41 Å². The highest BCUT2D eigenvalue weighted by Gasteiger charge is 2.19. The molecule has 4 rings (SSSR count). The van der Waals surface area contributed by atoms with Gasteiger partial charge in [-0.2, -0.15) is 5.10 Å². The van der Waals surface area contributed by atoms with Gasteiger partial charge < -0.3 is 10.6 Å². The fraction of sp³-hybridized carbons (Fsp3) is 0.143. The van der Waals surface area contributed by atoms with Gasteiger partial charge in [0, 0.05) is 23.5 Å². The lowest BCUT2D eigenvalue weighted by molar-refractivity contribution is 0.104. The molecule has 0 atom stereocenters. The standard InChI is InChI=1S/C21H20N6OS/c1-13(2)26(21(22)23)15-6-3-5-14(11-15)17-8-9-24-20-16(12-25-27(17)20)19(28)18-7-4-10-29-18/h3-13H,1-2H3,(H3,22,23). The van der Waals surface area contributed by atoms with Crippen molar-refractivity contribution in [3.63, 3.8) is 0 Å². The molecule has 0 aliphatic rings. The number of hydrogen-bond acceptors (Lipinski definition) is 5. The molecule has 0 saturated heterocycles. The van der Waals surface area contributed by atoms with Gasteiger partial charge in [0.15, 0.2) is 11.6 Å². The Balaban J connectivity index is 1.81. The van der Waals surface area contributed by atoms with Crippen LogP contribution in [0.25, 0.3) is 16.9 Å². The predicted molar refractivity (Wildman–Crippen MR) is 116 cm³/mol. The summed E-state index contributed by atoms with van der Waals surface area (Å²) in [6, 6.07) is 13.3. The van der Waals surface area contributed by atoms with E-state index in [9.17, 15) is 4.79 Å². The number of guanidine groups is 1. The summed E-state index contributed by atoms with van der Waals surface area (Å²) in [6.45, 7) is 3.96. The second-order valence-corrected chi connectivity index (χ2v) is 7.78. The molecule has 0 aliphatic heterocycles. The van der Waals surface area contributed by atoms with Crippen molar-refractivity contribution in [2.24, 2.45) is 5.73 Å². The molecule has 0 bridgehead atoms. The molecule has 0 fully saturated rings. The molecule has 0 unspecified atom stereocenters. The number of hydrogen-bond donors (Lipinski definition) is 2. The highest BCUT2D eigenvalue weighted by atomic mass is 32.1. The van der Waals surface area contributed by atoms with Crippen LogP contribution in [0.5, 0.6) is 0 Å². The van der Waals surface area contributed by atoms with Gasteiger partial charge in [-0.1, -0.05) is 18.2 Å². The van der Waals surface area contributed by atoms with Gasteiger partial charge in [-0.15, -0.1) is 11.3 Å². The molecule has 0 radical (unpaired) electrons. The average molecular weight is 404 g/mol. The zero-order valence-corrected chi connectivity index (χ0v) is 16.9. The zero-order chi connectivity index (χ0) is 20.5. The van der Waals surface area contributed by atoms with Crippen molar-refractivity contribution in [1.82, 2.24) is 14.6 Å². The van der Waals surface area contributed by atoms with Crippen molar-refractivity contribution in [3.05, 3.63) is 70.7 Å². The molecule has 0 spiro atoms. The maximum atomic E-state index is 12.8. The van der Waals surface area contributed by atoms with E-state index in [4.69, 9.17) is 11.1 Å². The van der Waals surface area contributed by atoms with Crippen LogP contribution in [0.2, 0.25) is 0 Å². The van der Waals surface area contributed by atoms with Crippen molar-refractivity contribution < 1.29 is 4.79 Å². The maximum absolute atomic E-state index is 12.8. The number of carbonyl (C=O) groups excluding carboxylic acids is 1. The van der Waals surface area contributed by atoms with Crippen LogP contribution in [0.15, 0.2) is 60.2 Å². The average Bonchev–Trinajstić information content (AvgIpc) is 3.37. The number of ketones is 1. The predicted octanol–water partition coefficient (Wildman–Crippen LogP) is 3.80. The third-order valence-corrected chi connectivity index (χ3v) is 5.46. The van der Waals surface area contributed by atoms with Crippen molar-refractivity contribution in [2.45, 2.75) is 19.9 Å². The first-order valence-electron chi connectivity index (χ1n) is 9.12. The minimum Gasteiger partial charge on any atom is -0.370 e. The first-order chi connectivity index (χ1) is 14.0. The fourth-order valence-corrected chi connectivity index (χ4v) is 4.02. The number of carbonyl (C=O) groups is 1. The Morgan fingerprint density at radius 1 is 1.24 bits per heavy atom. The molecule has 3 N–H and O–H groups in total. The number of benzene rings is 1. The van der Waals surface area contributed by atoms with Crippen LogP contribution in [0.1, 0.15) is 29.1 Å². The van der Waals surface area contributed by atoms with E-state index in [0.29, 0.717) is 16.1 Å². The lowest BCUT2D eigenvalue weighted by Gasteiger charge is -2.27. The number of nitrogens with one attached hydrogen (secondary N) is 1. The van der Waals surface area contributed by atoms with Gasteiger partial charge >= 0.3 is 0 Å². The van der Waals surface area contributed by atoms with Crippen molar-refractivity contribution in [3.8, 4) is 11.3 Å². The number of rotatable bonds is 5. The minimum atomic E-state index is -0.0871. The third kappa shape index (κ3) is 3.38. The molecule has 3 heterocycles. The molecule has 1 aromatic carbocycles. The molecule has 8 heteroatoms. The molecule has 0 aliphatic carbocycles. The van der Waals surface area contributed by atoms with Gasteiger partial charge in [-0.3, -0.25) is 10.2 Å². The highest BCUT2D eigenvalue weighted by Crippen LogP contribution is 2.27. The maximum Gasteiger partial charge on any atom is 0.208 e. The minimum absolute atomic E-state index is 0.0139. The van der Waals surface area contributed by atoms with E-state index >= 15 is 0 Å². The van der Waals surface area contributed by atoms with E-state index in [1.54, 1.807) is 27.9 Å². The molecule has 4 aromatic rings. The van der Waals surface area contributed by atoms with Gasteiger partial charge in [0.05, 0.1) is 22.3 Å². The Labute approximate surface area is 171 Å². The largest absolute Gasteiger partial charge is 0.370 e. The second kappa shape index (κ2) is 7.48. The summed E-state index contributed by atoms with van der Waals surface area (Å²) in [7, 11) is 0. The van der Waals surface area contributed by atoms with Crippen molar-refractivity contribution in [2.75, 3.05) is 4.90 Å². The van der Waals surface area contributed by atoms with Crippen molar-refractivity contribution >= 4 is 34.4 Å². The van der Waals surface area contributed by atoms with Crippen molar-refractivity contribution in [1.29, 1.82) is 5.41 Å². The number of anilines is 1. The Morgan fingerprint density at radius 3 is 2.76 bits per heavy atom. The fourth-order valence-electron chi connectivity index (χ4n) is 3.34. The number of fused-ring (bicyclic) bond motifs is 1. The smallest absolute Gasteiger partial charge is 0.208 e. The van der Waals surface area contributed by atoms with E-state index < -0.39 is 0 Å². The van der Waals surface area contributed by atoms with E-state index in [-0.39, 0.29) is 17.8 Å². The summed E-state index contributed by atoms with van der Waals surface area (Å²) in [6.07, 6.45) is 3.24. The Bertz CT molecular complexity index is 1200. The number of thiophene rings is 1. The summed E-state index contributed by atoms with van der Waals surface area (Å²) < 4.78 is 1.67. The van der Waals surface area contributed by atoms with Gasteiger partial charge in [0.2, 0.25) is 5.78 Å². The summed E-state index contributed by atoms with van der Waals surface area (Å²) in [5.41, 5.74) is 9.27. The van der Waals surface area contributed by atoms with E-state index in [2.05, 4.69) is 10.1 Å². The first-order valence-corrected chi connectivity index (χ1v) is 10.00. The lowest BCUT2D eigenvalue weighted by Crippen LogP contribution is -2.41. The van der Waals surface area contributed by atoms with Crippen LogP contribution in [0.3, 0.4) is 0 Å². The number of aromatic nitrogens is 3. The molecule has 0 amide bonds. The molecule has 146 valence electrons. The van der Waals surface area contributed by atoms with Crippen LogP contribution in [-0.2, 0) is 0 Å².